The third-order valence-electron chi connectivity index (χ3n) is 4.03. The lowest BCUT2D eigenvalue weighted by molar-refractivity contribution is -0.120. The summed E-state index contributed by atoms with van der Waals surface area (Å²) < 4.78 is 11.6. The molecular weight excluding hydrogens is 358 g/mol. The van der Waals surface area contributed by atoms with Gasteiger partial charge in [0.25, 0.3) is 0 Å². The van der Waals surface area contributed by atoms with Crippen LogP contribution in [0.15, 0.2) is 40.9 Å². The van der Waals surface area contributed by atoms with Crippen LogP contribution in [0.2, 0.25) is 0 Å². The first-order chi connectivity index (χ1) is 10.9. The van der Waals surface area contributed by atoms with Crippen molar-refractivity contribution in [2.24, 2.45) is 0 Å². The molecule has 1 aliphatic rings. The maximum absolute atomic E-state index is 12.8. The molecule has 3 rings (SSSR count). The summed E-state index contributed by atoms with van der Waals surface area (Å²) in [4.78, 5) is 12.8. The number of rotatable bonds is 3. The number of fused-ring (bicyclic) bond motifs is 1. The summed E-state index contributed by atoms with van der Waals surface area (Å²) in [6, 6.07) is 11.4. The molecule has 0 saturated heterocycles. The lowest BCUT2D eigenvalue weighted by atomic mass is 9.83. The van der Waals surface area contributed by atoms with Crippen molar-refractivity contribution < 1.29 is 14.3 Å². The van der Waals surface area contributed by atoms with Gasteiger partial charge in [-0.25, -0.2) is 0 Å². The molecule has 4 nitrogen and oxygen atoms in total. The molecule has 1 aliphatic heterocycles. The molecule has 0 spiro atoms. The summed E-state index contributed by atoms with van der Waals surface area (Å²) in [5, 5.41) is 2.99. The van der Waals surface area contributed by atoms with Crippen LogP contribution in [0.25, 0.3) is 0 Å². The van der Waals surface area contributed by atoms with Gasteiger partial charge in [0.15, 0.2) is 11.5 Å². The molecule has 120 valence electrons. The van der Waals surface area contributed by atoms with E-state index >= 15 is 0 Å². The number of carbonyl (C=O) groups excluding carboxylic acids is 1. The Balaban J connectivity index is 1.85. The summed E-state index contributed by atoms with van der Waals surface area (Å²) in [6.45, 7) is 6.01. The van der Waals surface area contributed by atoms with Crippen molar-refractivity contribution in [3.63, 3.8) is 0 Å². The fraction of sp³-hybridized carbons (Fsp3) is 0.278. The highest BCUT2D eigenvalue weighted by molar-refractivity contribution is 9.10. The summed E-state index contributed by atoms with van der Waals surface area (Å²) in [5.74, 6) is 1.31. The number of hydrogen-bond donors (Lipinski definition) is 1. The van der Waals surface area contributed by atoms with Crippen LogP contribution < -0.4 is 14.8 Å². The number of benzene rings is 2. The smallest absolute Gasteiger partial charge is 0.234 e. The van der Waals surface area contributed by atoms with Crippen LogP contribution in [0.5, 0.6) is 11.5 Å². The highest BCUT2D eigenvalue weighted by atomic mass is 79.9. The zero-order chi connectivity index (χ0) is 16.6. The number of anilines is 1. The first-order valence-corrected chi connectivity index (χ1v) is 8.15. The van der Waals surface area contributed by atoms with Gasteiger partial charge in [-0.3, -0.25) is 4.79 Å². The van der Waals surface area contributed by atoms with E-state index in [4.69, 9.17) is 9.47 Å². The summed E-state index contributed by atoms with van der Waals surface area (Å²) in [7, 11) is 0. The lowest BCUT2D eigenvalue weighted by Crippen LogP contribution is -2.34. The average molecular weight is 376 g/mol. The first kappa shape index (κ1) is 15.9. The minimum atomic E-state index is -0.703. The summed E-state index contributed by atoms with van der Waals surface area (Å²) in [6.07, 6.45) is 0. The van der Waals surface area contributed by atoms with Gasteiger partial charge in [0.2, 0.25) is 12.7 Å². The van der Waals surface area contributed by atoms with Crippen LogP contribution in [0, 0.1) is 6.92 Å². The second-order valence-electron chi connectivity index (χ2n) is 6.13. The maximum Gasteiger partial charge on any atom is 0.234 e. The minimum Gasteiger partial charge on any atom is -0.454 e. The largest absolute Gasteiger partial charge is 0.454 e. The van der Waals surface area contributed by atoms with Gasteiger partial charge in [-0.1, -0.05) is 12.1 Å². The van der Waals surface area contributed by atoms with Gasteiger partial charge in [-0.05, 0) is 72.1 Å². The molecule has 0 unspecified atom stereocenters. The lowest BCUT2D eigenvalue weighted by Gasteiger charge is -2.25. The van der Waals surface area contributed by atoms with E-state index in [-0.39, 0.29) is 12.7 Å². The van der Waals surface area contributed by atoms with E-state index in [0.29, 0.717) is 11.5 Å². The maximum atomic E-state index is 12.8. The Morgan fingerprint density at radius 1 is 1.13 bits per heavy atom. The quantitative estimate of drug-likeness (QED) is 0.864. The molecule has 1 N–H and O–H groups in total. The van der Waals surface area contributed by atoms with Crippen molar-refractivity contribution in [2.45, 2.75) is 26.2 Å². The van der Waals surface area contributed by atoms with Gasteiger partial charge in [-0.15, -0.1) is 0 Å². The fourth-order valence-electron chi connectivity index (χ4n) is 2.42. The number of ether oxygens (including phenoxy) is 2. The SMILES string of the molecule is Cc1ccc(NC(=O)C(C)(C)c2ccc3c(c2)OCO3)c(Br)c1. The fourth-order valence-corrected chi connectivity index (χ4v) is 3.01. The number of aryl methyl sites for hydroxylation is 1. The van der Waals surface area contributed by atoms with Gasteiger partial charge < -0.3 is 14.8 Å². The van der Waals surface area contributed by atoms with Gasteiger partial charge in [0.1, 0.15) is 0 Å². The minimum absolute atomic E-state index is 0.0825. The molecule has 2 aromatic rings. The monoisotopic (exact) mass is 375 g/mol. The van der Waals surface area contributed by atoms with E-state index in [1.807, 2.05) is 57.2 Å². The first-order valence-electron chi connectivity index (χ1n) is 7.35. The van der Waals surface area contributed by atoms with Crippen molar-refractivity contribution in [3.05, 3.63) is 52.0 Å². The van der Waals surface area contributed by atoms with E-state index in [1.54, 1.807) is 0 Å². The van der Waals surface area contributed by atoms with Crippen LogP contribution in [-0.4, -0.2) is 12.7 Å². The molecule has 0 radical (unpaired) electrons. The zero-order valence-corrected chi connectivity index (χ0v) is 14.9. The van der Waals surface area contributed by atoms with Crippen LogP contribution in [0.3, 0.4) is 0 Å². The summed E-state index contributed by atoms with van der Waals surface area (Å²) >= 11 is 3.49. The number of halogens is 1. The Morgan fingerprint density at radius 3 is 2.61 bits per heavy atom. The normalized spacial score (nSPS) is 13.0. The van der Waals surface area contributed by atoms with Gasteiger partial charge >= 0.3 is 0 Å². The Morgan fingerprint density at radius 2 is 1.87 bits per heavy atom. The van der Waals surface area contributed by atoms with Crippen molar-refractivity contribution in [1.29, 1.82) is 0 Å². The molecule has 1 amide bonds. The number of hydrogen-bond acceptors (Lipinski definition) is 3. The third-order valence-corrected chi connectivity index (χ3v) is 4.69. The number of carbonyl (C=O) groups is 1. The van der Waals surface area contributed by atoms with Crippen LogP contribution in [0.4, 0.5) is 5.69 Å². The van der Waals surface area contributed by atoms with E-state index in [0.717, 1.165) is 21.3 Å². The molecule has 0 fully saturated rings. The topological polar surface area (TPSA) is 47.6 Å². The second-order valence-corrected chi connectivity index (χ2v) is 6.98. The van der Waals surface area contributed by atoms with E-state index in [1.165, 1.54) is 0 Å². The van der Waals surface area contributed by atoms with Gasteiger partial charge in [0.05, 0.1) is 11.1 Å². The van der Waals surface area contributed by atoms with Crippen molar-refractivity contribution in [2.75, 3.05) is 12.1 Å². The molecular formula is C18H18BrNO3. The molecule has 0 atom stereocenters. The van der Waals surface area contributed by atoms with E-state index in [2.05, 4.69) is 21.2 Å². The van der Waals surface area contributed by atoms with Crippen LogP contribution >= 0.6 is 15.9 Å². The van der Waals surface area contributed by atoms with E-state index in [9.17, 15) is 4.79 Å². The molecule has 1 heterocycles. The molecule has 2 aromatic carbocycles. The predicted octanol–water partition coefficient (Wildman–Crippen LogP) is 4.40. The molecule has 23 heavy (non-hydrogen) atoms. The van der Waals surface area contributed by atoms with Crippen LogP contribution in [0.1, 0.15) is 25.0 Å². The number of nitrogens with one attached hydrogen (secondary N) is 1. The molecule has 0 saturated carbocycles. The Kier molecular flexibility index (Phi) is 4.06. The van der Waals surface area contributed by atoms with Crippen molar-refractivity contribution >= 4 is 27.5 Å². The Hall–Kier alpha value is -2.01. The Labute approximate surface area is 143 Å². The number of amides is 1. The highest BCUT2D eigenvalue weighted by Gasteiger charge is 2.31. The second kappa shape index (κ2) is 5.89. The predicted molar refractivity (Wildman–Crippen MR) is 93.1 cm³/mol. The third kappa shape index (κ3) is 3.06. The standard InChI is InChI=1S/C18H18BrNO3/c1-11-4-6-14(13(19)8-11)20-17(21)18(2,3)12-5-7-15-16(9-12)23-10-22-15/h4-9H,10H2,1-3H3,(H,20,21). The van der Waals surface area contributed by atoms with Crippen molar-refractivity contribution in [3.8, 4) is 11.5 Å². The molecule has 0 aliphatic carbocycles. The van der Waals surface area contributed by atoms with Gasteiger partial charge in [0, 0.05) is 4.47 Å². The highest BCUT2D eigenvalue weighted by Crippen LogP contribution is 2.37. The average Bonchev–Trinajstić information content (AvgIpc) is 2.97. The zero-order valence-electron chi connectivity index (χ0n) is 13.3. The molecule has 5 heteroatoms. The summed E-state index contributed by atoms with van der Waals surface area (Å²) in [5.41, 5.74) is 2.06. The van der Waals surface area contributed by atoms with Gasteiger partial charge in [-0.2, -0.15) is 0 Å². The van der Waals surface area contributed by atoms with E-state index < -0.39 is 5.41 Å². The van der Waals surface area contributed by atoms with Crippen LogP contribution in [-0.2, 0) is 10.2 Å². The van der Waals surface area contributed by atoms with Crippen molar-refractivity contribution in [1.82, 2.24) is 0 Å². The molecule has 0 bridgehead atoms. The Bertz CT molecular complexity index is 771. The molecule has 0 aromatic heterocycles.